The van der Waals surface area contributed by atoms with Gasteiger partial charge in [-0.1, -0.05) is 117 Å². The number of anilines is 3. The minimum atomic E-state index is -0.375. The van der Waals surface area contributed by atoms with Gasteiger partial charge in [-0.3, -0.25) is 0 Å². The van der Waals surface area contributed by atoms with Gasteiger partial charge in [0.2, 0.25) is 0 Å². The molecule has 2 aromatic heterocycles. The number of furan rings is 2. The number of para-hydroxylation sites is 1. The Morgan fingerprint density at radius 1 is 0.656 bits per heavy atom. The van der Waals surface area contributed by atoms with Crippen LogP contribution in [0, 0.1) is 0 Å². The van der Waals surface area contributed by atoms with Gasteiger partial charge >= 0.3 is 0 Å². The van der Waals surface area contributed by atoms with Crippen LogP contribution in [0.1, 0.15) is 78.4 Å². The highest BCUT2D eigenvalue weighted by Gasteiger charge is 2.38. The molecule has 8 aromatic rings. The molecule has 0 radical (unpaired) electrons. The quantitative estimate of drug-likeness (QED) is 0.168. The maximum absolute atomic E-state index is 6.81. The molecule has 0 saturated heterocycles. The molecule has 3 heterocycles. The SMILES string of the molecule is CN1C(c2ccccc2)=NC(c2ccc3c4c(oc3c2)CCC=C4)=NC1c1cccc2oc3cc(N(c4ccccc4)c4ccc5c(c4)C(C)(C)C4=C5C=CCC4)ccc3c12. The van der Waals surface area contributed by atoms with Crippen molar-refractivity contribution in [2.75, 3.05) is 11.9 Å². The van der Waals surface area contributed by atoms with E-state index in [1.54, 1.807) is 5.57 Å². The van der Waals surface area contributed by atoms with E-state index >= 15 is 0 Å². The van der Waals surface area contributed by atoms with Crippen LogP contribution in [0.2, 0.25) is 0 Å². The summed E-state index contributed by atoms with van der Waals surface area (Å²) in [5.74, 6) is 2.57. The molecule has 3 aliphatic carbocycles. The van der Waals surface area contributed by atoms with E-state index in [0.717, 1.165) is 104 Å². The largest absolute Gasteiger partial charge is 0.460 e. The first-order valence-corrected chi connectivity index (χ1v) is 21.4. The normalized spacial score (nSPS) is 17.8. The third kappa shape index (κ3) is 5.62. The van der Waals surface area contributed by atoms with Crippen molar-refractivity contribution >= 4 is 73.3 Å². The number of aliphatic imine (C=N–C) groups is 2. The van der Waals surface area contributed by atoms with Gasteiger partial charge in [0.25, 0.3) is 0 Å². The molecule has 6 heteroatoms. The van der Waals surface area contributed by atoms with Crippen LogP contribution in [0.5, 0.6) is 0 Å². The van der Waals surface area contributed by atoms with Gasteiger partial charge in [-0.15, -0.1) is 0 Å². The second-order valence-electron chi connectivity index (χ2n) is 17.2. The second kappa shape index (κ2) is 13.7. The van der Waals surface area contributed by atoms with Crippen molar-refractivity contribution in [3.8, 4) is 0 Å². The molecule has 1 unspecified atom stereocenters. The Labute approximate surface area is 355 Å². The topological polar surface area (TPSA) is 57.5 Å². The lowest BCUT2D eigenvalue weighted by Crippen LogP contribution is -2.35. The molecule has 1 aliphatic heterocycles. The first-order chi connectivity index (χ1) is 29.9. The highest BCUT2D eigenvalue weighted by molar-refractivity contribution is 6.15. The van der Waals surface area contributed by atoms with Gasteiger partial charge in [-0.25, -0.2) is 9.98 Å². The maximum atomic E-state index is 6.81. The van der Waals surface area contributed by atoms with Gasteiger partial charge in [0.1, 0.15) is 28.3 Å². The molecule has 6 nitrogen and oxygen atoms in total. The standard InChI is InChI=1S/C55H44N4O2/c1-55(2)45-22-12-10-19-39(45)40-29-26-37(32-46(40)55)59(36-17-8-5-9-18-36)38-27-30-43-50(33-38)61-48-24-14-21-44(51(43)48)54-57-52(56-53(58(54)3)34-15-6-4-7-16-34)35-25-28-42-41-20-11-13-23-47(41)60-49(42)31-35/h4-11,14-21,24-33,54H,12-13,22-23H2,1-3H3. The third-order valence-corrected chi connectivity index (χ3v) is 13.3. The molecule has 6 aromatic carbocycles. The molecule has 4 aliphatic rings. The summed E-state index contributed by atoms with van der Waals surface area (Å²) in [4.78, 5) is 15.2. The van der Waals surface area contributed by atoms with Crippen molar-refractivity contribution in [1.29, 1.82) is 0 Å². The minimum absolute atomic E-state index is 0.0326. The molecule has 0 saturated carbocycles. The fourth-order valence-corrected chi connectivity index (χ4v) is 10.3. The molecule has 1 atom stereocenters. The zero-order chi connectivity index (χ0) is 40.8. The number of benzene rings is 6. The number of aryl methyl sites for hydroxylation is 1. The smallest absolute Gasteiger partial charge is 0.159 e. The van der Waals surface area contributed by atoms with Gasteiger partial charge in [0.05, 0.1) is 0 Å². The average molecular weight is 793 g/mol. The van der Waals surface area contributed by atoms with Crippen LogP contribution in [0.25, 0.3) is 44.6 Å². The summed E-state index contributed by atoms with van der Waals surface area (Å²) in [6.45, 7) is 4.77. The predicted molar refractivity (Wildman–Crippen MR) is 250 cm³/mol. The number of nitrogens with zero attached hydrogens (tertiary/aromatic N) is 4. The summed E-state index contributed by atoms with van der Waals surface area (Å²) in [6, 6.07) is 47.4. The zero-order valence-corrected chi connectivity index (χ0v) is 34.5. The number of fused-ring (bicyclic) bond motifs is 8. The van der Waals surface area contributed by atoms with Crippen LogP contribution >= 0.6 is 0 Å². The van der Waals surface area contributed by atoms with E-state index in [2.05, 4.69) is 182 Å². The molecule has 0 spiro atoms. The van der Waals surface area contributed by atoms with E-state index in [4.69, 9.17) is 18.8 Å². The number of amidine groups is 2. The van der Waals surface area contributed by atoms with Crippen LogP contribution in [0.3, 0.4) is 0 Å². The van der Waals surface area contributed by atoms with E-state index in [9.17, 15) is 0 Å². The van der Waals surface area contributed by atoms with Gasteiger partial charge < -0.3 is 18.6 Å². The monoisotopic (exact) mass is 792 g/mol. The summed E-state index contributed by atoms with van der Waals surface area (Å²) in [5, 5.41) is 3.22. The highest BCUT2D eigenvalue weighted by Crippen LogP contribution is 2.52. The van der Waals surface area contributed by atoms with E-state index < -0.39 is 0 Å². The van der Waals surface area contributed by atoms with Gasteiger partial charge in [-0.05, 0) is 90.6 Å². The van der Waals surface area contributed by atoms with Crippen molar-refractivity contribution < 1.29 is 8.83 Å². The lowest BCUT2D eigenvalue weighted by Gasteiger charge is -2.32. The van der Waals surface area contributed by atoms with Crippen molar-refractivity contribution in [2.45, 2.75) is 51.1 Å². The van der Waals surface area contributed by atoms with Gasteiger partial charge in [0.15, 0.2) is 12.0 Å². The second-order valence-corrected chi connectivity index (χ2v) is 17.2. The summed E-state index contributed by atoms with van der Waals surface area (Å²) in [5.41, 5.74) is 15.6. The Morgan fingerprint density at radius 3 is 2.28 bits per heavy atom. The number of hydrogen-bond acceptors (Lipinski definition) is 6. The number of rotatable bonds is 6. The Balaban J connectivity index is 0.980. The van der Waals surface area contributed by atoms with Crippen molar-refractivity contribution in [1.82, 2.24) is 4.90 Å². The van der Waals surface area contributed by atoms with Crippen LogP contribution in [-0.4, -0.2) is 23.6 Å². The minimum Gasteiger partial charge on any atom is -0.460 e. The van der Waals surface area contributed by atoms with Crippen molar-refractivity contribution in [3.63, 3.8) is 0 Å². The third-order valence-electron chi connectivity index (χ3n) is 13.3. The number of hydrogen-bond donors (Lipinski definition) is 0. The lowest BCUT2D eigenvalue weighted by molar-refractivity contribution is 0.385. The molecule has 12 rings (SSSR count). The summed E-state index contributed by atoms with van der Waals surface area (Å²) in [7, 11) is 2.09. The van der Waals surface area contributed by atoms with Crippen LogP contribution in [0.15, 0.2) is 176 Å². The summed E-state index contributed by atoms with van der Waals surface area (Å²) < 4.78 is 13.2. The van der Waals surface area contributed by atoms with Gasteiger partial charge in [-0.2, -0.15) is 0 Å². The summed E-state index contributed by atoms with van der Waals surface area (Å²) >= 11 is 0. The van der Waals surface area contributed by atoms with E-state index in [0.29, 0.717) is 5.84 Å². The summed E-state index contributed by atoms with van der Waals surface area (Å²) in [6.07, 6.45) is 12.8. The van der Waals surface area contributed by atoms with E-state index in [1.807, 2.05) is 6.07 Å². The Morgan fingerprint density at radius 2 is 1.41 bits per heavy atom. The van der Waals surface area contributed by atoms with Gasteiger partial charge in [0, 0.05) is 80.4 Å². The highest BCUT2D eigenvalue weighted by atomic mass is 16.3. The maximum Gasteiger partial charge on any atom is 0.159 e. The van der Waals surface area contributed by atoms with Crippen LogP contribution < -0.4 is 4.90 Å². The molecular weight excluding hydrogens is 749 g/mol. The number of allylic oxidation sites excluding steroid dienone is 5. The molecule has 0 bridgehead atoms. The molecule has 0 amide bonds. The first-order valence-electron chi connectivity index (χ1n) is 21.4. The van der Waals surface area contributed by atoms with E-state index in [1.165, 1.54) is 22.3 Å². The molecule has 296 valence electrons. The zero-order valence-electron chi connectivity index (χ0n) is 34.5. The van der Waals surface area contributed by atoms with Crippen LogP contribution in [-0.2, 0) is 11.8 Å². The Hall–Kier alpha value is -7.18. The fraction of sp³-hybridized carbons (Fsp3) is 0.164. The molecule has 0 fully saturated rings. The molecule has 61 heavy (non-hydrogen) atoms. The van der Waals surface area contributed by atoms with E-state index in [-0.39, 0.29) is 11.6 Å². The van der Waals surface area contributed by atoms with Crippen LogP contribution in [0.4, 0.5) is 17.1 Å². The lowest BCUT2D eigenvalue weighted by atomic mass is 9.78. The average Bonchev–Trinajstić information content (AvgIpc) is 3.94. The Kier molecular flexibility index (Phi) is 8.02. The first kappa shape index (κ1) is 35.7. The van der Waals surface area contributed by atoms with Crippen molar-refractivity contribution in [2.24, 2.45) is 9.98 Å². The molecule has 0 N–H and O–H groups in total. The van der Waals surface area contributed by atoms with Crippen molar-refractivity contribution in [3.05, 3.63) is 196 Å². The molecular formula is C55H44N4O2. The fourth-order valence-electron chi connectivity index (χ4n) is 10.3. The Bertz CT molecular complexity index is 3250. The predicted octanol–water partition coefficient (Wildman–Crippen LogP) is 14.0.